The number of ether oxygens (including phenoxy) is 2. The first-order valence-corrected chi connectivity index (χ1v) is 7.02. The molecule has 2 aromatic rings. The summed E-state index contributed by atoms with van der Waals surface area (Å²) < 4.78 is 10.8. The number of aryl methyl sites for hydroxylation is 1. The molecule has 3 rings (SSSR count). The lowest BCUT2D eigenvalue weighted by Gasteiger charge is -2.17. The average molecular weight is 293 g/mol. The minimum atomic E-state index is 0.579. The van der Waals surface area contributed by atoms with Crippen LogP contribution in [-0.4, -0.2) is 26.3 Å². The summed E-state index contributed by atoms with van der Waals surface area (Å²) in [5.41, 5.74) is 4.24. The van der Waals surface area contributed by atoms with Gasteiger partial charge in [0.15, 0.2) is 0 Å². The van der Waals surface area contributed by atoms with E-state index in [1.807, 2.05) is 7.05 Å². The van der Waals surface area contributed by atoms with Crippen LogP contribution in [0.25, 0.3) is 10.9 Å². The van der Waals surface area contributed by atoms with Crippen molar-refractivity contribution in [2.24, 2.45) is 0 Å². The summed E-state index contributed by atoms with van der Waals surface area (Å²) in [5, 5.41) is 4.74. The van der Waals surface area contributed by atoms with Gasteiger partial charge in [0, 0.05) is 24.2 Å². The maximum atomic E-state index is 6.50. The van der Waals surface area contributed by atoms with Crippen molar-refractivity contribution in [3.05, 3.63) is 22.3 Å². The highest BCUT2D eigenvalue weighted by molar-refractivity contribution is 6.38. The highest BCUT2D eigenvalue weighted by Gasteiger charge is 2.24. The molecule has 0 spiro atoms. The number of aromatic nitrogens is 1. The fraction of sp³-hybridized carbons (Fsp3) is 0.400. The number of hydrogen-bond acceptors (Lipinski definition) is 4. The summed E-state index contributed by atoms with van der Waals surface area (Å²) in [6.07, 6.45) is 3.17. The van der Waals surface area contributed by atoms with Crippen LogP contribution >= 0.6 is 11.6 Å². The van der Waals surface area contributed by atoms with Crippen LogP contribution in [-0.2, 0) is 12.8 Å². The van der Waals surface area contributed by atoms with Crippen LogP contribution in [0.4, 0.5) is 5.69 Å². The molecule has 20 heavy (non-hydrogen) atoms. The second-order valence-corrected chi connectivity index (χ2v) is 5.21. The Morgan fingerprint density at radius 1 is 1.20 bits per heavy atom. The normalized spacial score (nSPS) is 13.4. The predicted octanol–water partition coefficient (Wildman–Crippen LogP) is 3.44. The molecule has 4 nitrogen and oxygen atoms in total. The van der Waals surface area contributed by atoms with Crippen molar-refractivity contribution in [3.63, 3.8) is 0 Å². The van der Waals surface area contributed by atoms with Crippen molar-refractivity contribution < 1.29 is 9.47 Å². The molecule has 1 aliphatic carbocycles. The molecule has 1 aromatic carbocycles. The number of nitrogens with zero attached hydrogens (tertiary/aromatic N) is 1. The van der Waals surface area contributed by atoms with Gasteiger partial charge in [-0.15, -0.1) is 0 Å². The first-order chi connectivity index (χ1) is 9.71. The Kier molecular flexibility index (Phi) is 3.34. The Balaban J connectivity index is 2.46. The molecular formula is C15H17ClN2O2. The SMILES string of the molecule is CNc1c2c(nc3c(OC)cc(OC)c(Cl)c13)CCC2. The predicted molar refractivity (Wildman–Crippen MR) is 81.4 cm³/mol. The molecule has 1 aliphatic rings. The third-order valence-electron chi connectivity index (χ3n) is 3.85. The molecule has 106 valence electrons. The summed E-state index contributed by atoms with van der Waals surface area (Å²) in [6.45, 7) is 0. The summed E-state index contributed by atoms with van der Waals surface area (Å²) >= 11 is 6.50. The summed E-state index contributed by atoms with van der Waals surface area (Å²) in [5.74, 6) is 1.29. The van der Waals surface area contributed by atoms with Gasteiger partial charge in [0.2, 0.25) is 0 Å². The van der Waals surface area contributed by atoms with E-state index in [-0.39, 0.29) is 0 Å². The monoisotopic (exact) mass is 292 g/mol. The number of nitrogens with one attached hydrogen (secondary N) is 1. The number of anilines is 1. The standard InChI is InChI=1S/C15H17ClN2O2/c1-17-14-8-5-4-6-9(8)18-15-11(20-3)7-10(19-2)13(16)12(14)15/h7H,4-6H2,1-3H3,(H,17,18). The fourth-order valence-electron chi connectivity index (χ4n) is 2.93. The van der Waals surface area contributed by atoms with Crippen molar-refractivity contribution in [1.29, 1.82) is 0 Å². The fourth-order valence-corrected chi connectivity index (χ4v) is 3.24. The van der Waals surface area contributed by atoms with Gasteiger partial charge in [0.1, 0.15) is 17.0 Å². The number of methoxy groups -OCH3 is 2. The first kappa shape index (κ1) is 13.3. The molecule has 0 radical (unpaired) electrons. The molecule has 0 saturated carbocycles. The number of fused-ring (bicyclic) bond motifs is 2. The van der Waals surface area contributed by atoms with E-state index < -0.39 is 0 Å². The van der Waals surface area contributed by atoms with Gasteiger partial charge in [0.25, 0.3) is 0 Å². The van der Waals surface area contributed by atoms with Crippen molar-refractivity contribution in [2.45, 2.75) is 19.3 Å². The Morgan fingerprint density at radius 2 is 1.95 bits per heavy atom. The smallest absolute Gasteiger partial charge is 0.148 e. The molecule has 0 amide bonds. The van der Waals surface area contributed by atoms with Crippen LogP contribution < -0.4 is 14.8 Å². The van der Waals surface area contributed by atoms with Crippen LogP contribution in [0, 0.1) is 0 Å². The minimum Gasteiger partial charge on any atom is -0.495 e. The Bertz CT molecular complexity index is 686. The third kappa shape index (κ3) is 1.79. The van der Waals surface area contributed by atoms with Gasteiger partial charge in [-0.25, -0.2) is 4.98 Å². The van der Waals surface area contributed by atoms with E-state index in [1.165, 1.54) is 5.56 Å². The summed E-state index contributed by atoms with van der Waals surface area (Å²) in [7, 11) is 5.15. The Labute approximate surface area is 123 Å². The molecule has 1 heterocycles. The van der Waals surface area contributed by atoms with E-state index in [0.29, 0.717) is 16.5 Å². The van der Waals surface area contributed by atoms with E-state index in [2.05, 4.69) is 5.32 Å². The molecular weight excluding hydrogens is 276 g/mol. The second kappa shape index (κ2) is 5.02. The van der Waals surface area contributed by atoms with E-state index in [9.17, 15) is 0 Å². The number of hydrogen-bond donors (Lipinski definition) is 1. The van der Waals surface area contributed by atoms with Crippen LogP contribution in [0.5, 0.6) is 11.5 Å². The third-order valence-corrected chi connectivity index (χ3v) is 4.22. The first-order valence-electron chi connectivity index (χ1n) is 6.65. The topological polar surface area (TPSA) is 43.4 Å². The molecule has 5 heteroatoms. The van der Waals surface area contributed by atoms with Gasteiger partial charge in [-0.2, -0.15) is 0 Å². The van der Waals surface area contributed by atoms with Crippen LogP contribution in [0.2, 0.25) is 5.02 Å². The lowest BCUT2D eigenvalue weighted by atomic mass is 10.1. The molecule has 0 unspecified atom stereocenters. The highest BCUT2D eigenvalue weighted by Crippen LogP contribution is 2.44. The maximum Gasteiger partial charge on any atom is 0.148 e. The Morgan fingerprint density at radius 3 is 2.60 bits per heavy atom. The molecule has 0 fully saturated rings. The lowest BCUT2D eigenvalue weighted by Crippen LogP contribution is -2.02. The molecule has 1 aromatic heterocycles. The van der Waals surface area contributed by atoms with E-state index in [0.717, 1.165) is 41.5 Å². The zero-order chi connectivity index (χ0) is 14.3. The molecule has 0 atom stereocenters. The second-order valence-electron chi connectivity index (χ2n) is 4.83. The molecule has 0 aliphatic heterocycles. The molecule has 1 N–H and O–H groups in total. The quantitative estimate of drug-likeness (QED) is 0.941. The van der Waals surface area contributed by atoms with Crippen LogP contribution in [0.1, 0.15) is 17.7 Å². The number of benzene rings is 1. The molecule has 0 bridgehead atoms. The van der Waals surface area contributed by atoms with Gasteiger partial charge in [-0.1, -0.05) is 11.6 Å². The highest BCUT2D eigenvalue weighted by atomic mass is 35.5. The Hall–Kier alpha value is -1.68. The van der Waals surface area contributed by atoms with Crippen molar-refractivity contribution in [2.75, 3.05) is 26.6 Å². The van der Waals surface area contributed by atoms with Crippen molar-refractivity contribution >= 4 is 28.2 Å². The number of rotatable bonds is 3. The minimum absolute atomic E-state index is 0.579. The zero-order valence-electron chi connectivity index (χ0n) is 11.8. The average Bonchev–Trinajstić information content (AvgIpc) is 2.93. The van der Waals surface area contributed by atoms with Gasteiger partial charge in [-0.05, 0) is 24.8 Å². The van der Waals surface area contributed by atoms with Crippen LogP contribution in [0.3, 0.4) is 0 Å². The largest absolute Gasteiger partial charge is 0.495 e. The van der Waals surface area contributed by atoms with Crippen molar-refractivity contribution in [3.8, 4) is 11.5 Å². The van der Waals surface area contributed by atoms with Crippen molar-refractivity contribution in [1.82, 2.24) is 4.98 Å². The maximum absolute atomic E-state index is 6.50. The summed E-state index contributed by atoms with van der Waals surface area (Å²) in [6, 6.07) is 1.79. The summed E-state index contributed by atoms with van der Waals surface area (Å²) in [4.78, 5) is 4.77. The van der Waals surface area contributed by atoms with E-state index in [4.69, 9.17) is 26.1 Å². The van der Waals surface area contributed by atoms with E-state index >= 15 is 0 Å². The molecule has 0 saturated heterocycles. The van der Waals surface area contributed by atoms with Gasteiger partial charge >= 0.3 is 0 Å². The number of halogens is 1. The van der Waals surface area contributed by atoms with Gasteiger partial charge in [-0.3, -0.25) is 0 Å². The van der Waals surface area contributed by atoms with E-state index in [1.54, 1.807) is 20.3 Å². The lowest BCUT2D eigenvalue weighted by molar-refractivity contribution is 0.397. The van der Waals surface area contributed by atoms with Crippen LogP contribution in [0.15, 0.2) is 6.07 Å². The zero-order valence-corrected chi connectivity index (χ0v) is 12.6. The number of pyridine rings is 1. The van der Waals surface area contributed by atoms with Gasteiger partial charge in [0.05, 0.1) is 24.9 Å². The van der Waals surface area contributed by atoms with Gasteiger partial charge < -0.3 is 14.8 Å².